The molecule has 0 aliphatic heterocycles. The Morgan fingerprint density at radius 1 is 2.29 bits per heavy atom. The third-order valence-electron chi connectivity index (χ3n) is 0.502. The summed E-state index contributed by atoms with van der Waals surface area (Å²) in [6.45, 7) is 4.45. The Labute approximate surface area is 48.9 Å². The minimum atomic E-state index is -2.04. The van der Waals surface area contributed by atoms with Gasteiger partial charge in [-0.1, -0.05) is 6.08 Å². The smallest absolute Gasteiger partial charge is 0.0598 e. The van der Waals surface area contributed by atoms with E-state index < -0.39 is 12.5 Å². The van der Waals surface area contributed by atoms with Crippen molar-refractivity contribution in [1.82, 2.24) is 0 Å². The van der Waals surface area contributed by atoms with Gasteiger partial charge < -0.3 is 5.11 Å². The summed E-state index contributed by atoms with van der Waals surface area (Å²) < 4.78 is 21.2. The topological polar surface area (TPSA) is 20.2 Å². The van der Waals surface area contributed by atoms with Gasteiger partial charge in [-0.25, -0.2) is 0 Å². The van der Waals surface area contributed by atoms with Crippen molar-refractivity contribution < 1.29 is 9.22 Å². The first-order valence-corrected chi connectivity index (χ1v) is 2.14. The summed E-state index contributed by atoms with van der Waals surface area (Å²) in [6.07, 6.45) is -2.61. The Morgan fingerprint density at radius 2 is 2.86 bits per heavy atom. The molecule has 0 heterocycles. The largest absolute Gasteiger partial charge is 0.393 e. The van der Waals surface area contributed by atoms with Crippen LogP contribution in [0.1, 0.15) is 23.8 Å². The van der Waals surface area contributed by atoms with Crippen molar-refractivity contribution in [2.45, 2.75) is 25.8 Å². The molecular weight excluding hydrogens is 88.1 g/mol. The molecule has 0 spiro atoms. The quantitative estimate of drug-likeness (QED) is 0.534. The zero-order valence-electron chi connectivity index (χ0n) is 7.44. The monoisotopic (exact) mass is 103 g/mol. The van der Waals surface area contributed by atoms with E-state index in [-0.39, 0.29) is 6.42 Å². The van der Waals surface area contributed by atoms with Gasteiger partial charge in [0.15, 0.2) is 0 Å². The normalized spacial score (nSPS) is 26.3. The highest BCUT2D eigenvalue weighted by molar-refractivity contribution is 4.66. The van der Waals surface area contributed by atoms with Gasteiger partial charge in [0.25, 0.3) is 0 Å². The number of rotatable bonds is 3. The molecule has 0 aromatic heterocycles. The number of hydrogen-bond donors (Lipinski definition) is 1. The van der Waals surface area contributed by atoms with Crippen LogP contribution in [0.5, 0.6) is 0 Å². The van der Waals surface area contributed by atoms with E-state index in [0.717, 1.165) is 6.92 Å². The van der Waals surface area contributed by atoms with Gasteiger partial charge in [-0.05, 0) is 19.7 Å². The van der Waals surface area contributed by atoms with Crippen LogP contribution in [-0.2, 0) is 0 Å². The minimum Gasteiger partial charge on any atom is -0.393 e. The first kappa shape index (κ1) is 2.88. The van der Waals surface area contributed by atoms with Crippen molar-refractivity contribution >= 4 is 0 Å². The second kappa shape index (κ2) is 3.88. The molecule has 0 saturated carbocycles. The van der Waals surface area contributed by atoms with Gasteiger partial charge in [-0.15, -0.1) is 6.58 Å². The molecule has 0 rings (SSSR count). The summed E-state index contributed by atoms with van der Waals surface area (Å²) in [7, 11) is 0. The molecule has 7 heavy (non-hydrogen) atoms. The van der Waals surface area contributed by atoms with Gasteiger partial charge in [-0.3, -0.25) is 0 Å². The molecule has 0 amide bonds. The first-order valence-electron chi connectivity index (χ1n) is 3.64. The van der Waals surface area contributed by atoms with Crippen LogP contribution in [0.25, 0.3) is 0 Å². The van der Waals surface area contributed by atoms with Crippen LogP contribution < -0.4 is 0 Å². The highest BCUT2D eigenvalue weighted by atomic mass is 16.3. The summed E-state index contributed by atoms with van der Waals surface area (Å²) in [5.74, 6) is 0. The van der Waals surface area contributed by atoms with Crippen LogP contribution in [0.3, 0.4) is 0 Å². The van der Waals surface area contributed by atoms with E-state index in [1.807, 2.05) is 0 Å². The molecule has 42 valence electrons. The third-order valence-corrected chi connectivity index (χ3v) is 0.502. The van der Waals surface area contributed by atoms with Gasteiger partial charge in [0.1, 0.15) is 0 Å². The standard InChI is InChI=1S/C6H12O/c1-3-4-5-6(2)7/h3,6-7H,1,4-5H2,2H3/i5D2,6D. The lowest BCUT2D eigenvalue weighted by atomic mass is 10.2. The van der Waals surface area contributed by atoms with Crippen molar-refractivity contribution in [3.8, 4) is 0 Å². The maximum Gasteiger partial charge on any atom is 0.0598 e. The van der Waals surface area contributed by atoms with E-state index in [9.17, 15) is 0 Å². The third kappa shape index (κ3) is 5.70. The number of allylic oxidation sites excluding steroid dienone is 1. The second-order valence-electron chi connectivity index (χ2n) is 1.25. The molecular formula is C6H12O. The van der Waals surface area contributed by atoms with E-state index in [2.05, 4.69) is 6.58 Å². The lowest BCUT2D eigenvalue weighted by Crippen LogP contribution is -1.96. The van der Waals surface area contributed by atoms with Gasteiger partial charge in [0.05, 0.1) is 7.45 Å². The summed E-state index contributed by atoms with van der Waals surface area (Å²) in [6, 6.07) is 0. The molecule has 1 atom stereocenters. The molecule has 0 aromatic rings. The van der Waals surface area contributed by atoms with Crippen LogP contribution in [0, 0.1) is 0 Å². The zero-order valence-corrected chi connectivity index (χ0v) is 4.44. The molecule has 1 unspecified atom stereocenters. The molecule has 0 aliphatic rings. The fraction of sp³-hybridized carbons (Fsp3) is 0.667. The summed E-state index contributed by atoms with van der Waals surface area (Å²) in [5, 5.41) is 8.92. The average molecular weight is 103 g/mol. The lowest BCUT2D eigenvalue weighted by molar-refractivity contribution is 0.186. The van der Waals surface area contributed by atoms with Crippen molar-refractivity contribution in [2.75, 3.05) is 0 Å². The number of aliphatic hydroxyl groups is 1. The van der Waals surface area contributed by atoms with E-state index in [1.165, 1.54) is 6.08 Å². The highest BCUT2D eigenvalue weighted by Gasteiger charge is 1.88. The van der Waals surface area contributed by atoms with Crippen molar-refractivity contribution in [2.24, 2.45) is 0 Å². The van der Waals surface area contributed by atoms with E-state index in [4.69, 9.17) is 9.22 Å². The first-order chi connectivity index (χ1) is 4.31. The molecule has 0 fully saturated rings. The van der Waals surface area contributed by atoms with Crippen molar-refractivity contribution in [1.29, 1.82) is 0 Å². The SMILES string of the molecule is [2H]C(C)(O)C([2H])([2H])CC=C. The average Bonchev–Trinajstić information content (AvgIpc) is 1.61. The molecule has 0 saturated heterocycles. The summed E-state index contributed by atoms with van der Waals surface area (Å²) in [4.78, 5) is 0. The van der Waals surface area contributed by atoms with Crippen molar-refractivity contribution in [3.05, 3.63) is 12.7 Å². The summed E-state index contributed by atoms with van der Waals surface area (Å²) in [5.41, 5.74) is 0. The molecule has 1 N–H and O–H groups in total. The van der Waals surface area contributed by atoms with Gasteiger partial charge in [0.2, 0.25) is 0 Å². The Morgan fingerprint density at radius 3 is 3.00 bits per heavy atom. The number of hydrogen-bond acceptors (Lipinski definition) is 1. The van der Waals surface area contributed by atoms with Gasteiger partial charge >= 0.3 is 0 Å². The Kier molecular flexibility index (Phi) is 1.59. The molecule has 0 aromatic carbocycles. The van der Waals surface area contributed by atoms with Crippen LogP contribution >= 0.6 is 0 Å². The predicted octanol–water partition coefficient (Wildman–Crippen LogP) is 1.33. The molecule has 1 nitrogen and oxygen atoms in total. The Hall–Kier alpha value is -0.300. The molecule has 0 bridgehead atoms. The van der Waals surface area contributed by atoms with E-state index in [0.29, 0.717) is 0 Å². The zero-order chi connectivity index (χ0) is 8.41. The molecule has 1 heteroatoms. The fourth-order valence-corrected chi connectivity index (χ4v) is 0.220. The minimum absolute atomic E-state index is 0.0104. The van der Waals surface area contributed by atoms with Crippen molar-refractivity contribution in [3.63, 3.8) is 0 Å². The Balaban J connectivity index is 4.23. The molecule has 0 radical (unpaired) electrons. The van der Waals surface area contributed by atoms with Crippen LogP contribution in [0.15, 0.2) is 12.7 Å². The fourth-order valence-electron chi connectivity index (χ4n) is 0.220. The van der Waals surface area contributed by atoms with Crippen LogP contribution in [0.4, 0.5) is 0 Å². The van der Waals surface area contributed by atoms with Crippen LogP contribution in [-0.4, -0.2) is 11.2 Å². The second-order valence-corrected chi connectivity index (χ2v) is 1.25. The van der Waals surface area contributed by atoms with Crippen LogP contribution in [0.2, 0.25) is 0 Å². The summed E-state index contributed by atoms with van der Waals surface area (Å²) >= 11 is 0. The predicted molar refractivity (Wildman–Crippen MR) is 31.1 cm³/mol. The maximum atomic E-state index is 8.92. The molecule has 0 aliphatic carbocycles. The van der Waals surface area contributed by atoms with Gasteiger partial charge in [-0.2, -0.15) is 0 Å². The van der Waals surface area contributed by atoms with Gasteiger partial charge in [0, 0.05) is 2.74 Å². The van der Waals surface area contributed by atoms with E-state index >= 15 is 0 Å². The Bertz CT molecular complexity index is 125. The van der Waals surface area contributed by atoms with E-state index in [1.54, 1.807) is 0 Å². The lowest BCUT2D eigenvalue weighted by Gasteiger charge is -1.96. The maximum absolute atomic E-state index is 8.92. The highest BCUT2D eigenvalue weighted by Crippen LogP contribution is 1.93.